The van der Waals surface area contributed by atoms with E-state index in [4.69, 9.17) is 11.6 Å². The first-order valence-corrected chi connectivity index (χ1v) is 10.6. The van der Waals surface area contributed by atoms with Crippen LogP contribution in [0.3, 0.4) is 0 Å². The Hall–Kier alpha value is -1.11. The number of sulfonamides is 1. The van der Waals surface area contributed by atoms with E-state index in [1.165, 1.54) is 10.6 Å². The van der Waals surface area contributed by atoms with Crippen LogP contribution in [0, 0.1) is 0 Å². The summed E-state index contributed by atoms with van der Waals surface area (Å²) in [5, 5.41) is 3.52. The minimum Gasteiger partial charge on any atom is -0.356 e. The van der Waals surface area contributed by atoms with E-state index in [1.807, 2.05) is 24.3 Å². The Morgan fingerprint density at radius 2 is 2.04 bits per heavy atom. The minimum atomic E-state index is -3.27. The lowest BCUT2D eigenvalue weighted by molar-refractivity contribution is -0.121. The molecule has 0 aliphatic heterocycles. The number of rotatable bonds is 8. The molecule has 134 valence electrons. The second-order valence-electron chi connectivity index (χ2n) is 6.29. The summed E-state index contributed by atoms with van der Waals surface area (Å²) in [6, 6.07) is 7.58. The summed E-state index contributed by atoms with van der Waals surface area (Å²) in [5.41, 5.74) is 1.06. The second kappa shape index (κ2) is 8.83. The molecule has 0 saturated heterocycles. The number of hydrogen-bond donors (Lipinski definition) is 1. The van der Waals surface area contributed by atoms with E-state index in [-0.39, 0.29) is 24.9 Å². The van der Waals surface area contributed by atoms with Gasteiger partial charge in [-0.3, -0.25) is 4.79 Å². The van der Waals surface area contributed by atoms with Gasteiger partial charge in [0.15, 0.2) is 0 Å². The normalized spacial score (nSPS) is 15.8. The Morgan fingerprint density at radius 3 is 2.67 bits per heavy atom. The lowest BCUT2D eigenvalue weighted by Gasteiger charge is -2.26. The number of benzene rings is 1. The summed E-state index contributed by atoms with van der Waals surface area (Å²) >= 11 is 5.93. The fourth-order valence-corrected chi connectivity index (χ4v) is 4.54. The Bertz CT molecular complexity index is 658. The third-order valence-corrected chi connectivity index (χ3v) is 5.91. The van der Waals surface area contributed by atoms with Gasteiger partial charge in [-0.15, -0.1) is 0 Å². The number of carbonyl (C=O) groups is 1. The molecule has 0 spiro atoms. The molecule has 5 nitrogen and oxygen atoms in total. The van der Waals surface area contributed by atoms with Crippen LogP contribution in [0.2, 0.25) is 5.02 Å². The smallest absolute Gasteiger partial charge is 0.221 e. The standard InChI is InChI=1S/C17H25ClN2O3S/c1-24(22,23)20(16-7-2-3-8-16)12-10-17(21)19-11-9-14-5-4-6-15(18)13-14/h4-6,13,16H,2-3,7-12H2,1H3,(H,19,21). The van der Waals surface area contributed by atoms with Crippen LogP contribution in [0.5, 0.6) is 0 Å². The van der Waals surface area contributed by atoms with E-state index in [0.717, 1.165) is 31.2 Å². The fourth-order valence-electron chi connectivity index (χ4n) is 3.15. The molecule has 1 fully saturated rings. The lowest BCUT2D eigenvalue weighted by atomic mass is 10.1. The van der Waals surface area contributed by atoms with Crippen LogP contribution in [-0.2, 0) is 21.2 Å². The number of halogens is 1. The van der Waals surface area contributed by atoms with Gasteiger partial charge in [0.1, 0.15) is 0 Å². The summed E-state index contributed by atoms with van der Waals surface area (Å²) in [6.45, 7) is 0.772. The van der Waals surface area contributed by atoms with Crippen molar-refractivity contribution >= 4 is 27.5 Å². The van der Waals surface area contributed by atoms with Gasteiger partial charge in [-0.2, -0.15) is 4.31 Å². The third-order valence-electron chi connectivity index (χ3n) is 4.34. The maximum atomic E-state index is 12.0. The Balaban J connectivity index is 1.76. The van der Waals surface area contributed by atoms with E-state index in [9.17, 15) is 13.2 Å². The molecule has 0 heterocycles. The van der Waals surface area contributed by atoms with Crippen LogP contribution in [-0.4, -0.2) is 44.0 Å². The van der Waals surface area contributed by atoms with Crippen molar-refractivity contribution in [3.63, 3.8) is 0 Å². The SMILES string of the molecule is CS(=O)(=O)N(CCC(=O)NCCc1cccc(Cl)c1)C1CCCC1. The molecule has 1 saturated carbocycles. The average molecular weight is 373 g/mol. The van der Waals surface area contributed by atoms with Crippen LogP contribution in [0.15, 0.2) is 24.3 Å². The maximum absolute atomic E-state index is 12.0. The van der Waals surface area contributed by atoms with Crippen LogP contribution in [0.25, 0.3) is 0 Å². The molecule has 0 unspecified atom stereocenters. The predicted molar refractivity (Wildman–Crippen MR) is 96.6 cm³/mol. The van der Waals surface area contributed by atoms with Gasteiger partial charge in [0.2, 0.25) is 15.9 Å². The molecule has 0 aromatic heterocycles. The van der Waals surface area contributed by atoms with E-state index >= 15 is 0 Å². The molecule has 24 heavy (non-hydrogen) atoms. The van der Waals surface area contributed by atoms with Gasteiger partial charge < -0.3 is 5.32 Å². The molecular formula is C17H25ClN2O3S. The van der Waals surface area contributed by atoms with Gasteiger partial charge in [0.25, 0.3) is 0 Å². The number of amides is 1. The molecule has 1 N–H and O–H groups in total. The van der Waals surface area contributed by atoms with Crippen molar-refractivity contribution < 1.29 is 13.2 Å². The molecule has 0 radical (unpaired) electrons. The first-order valence-electron chi connectivity index (χ1n) is 8.34. The Morgan fingerprint density at radius 1 is 1.33 bits per heavy atom. The van der Waals surface area contributed by atoms with Crippen LogP contribution >= 0.6 is 11.6 Å². The zero-order chi connectivity index (χ0) is 17.6. The van der Waals surface area contributed by atoms with E-state index in [0.29, 0.717) is 18.0 Å². The summed E-state index contributed by atoms with van der Waals surface area (Å²) in [4.78, 5) is 12.0. The lowest BCUT2D eigenvalue weighted by Crippen LogP contribution is -2.40. The zero-order valence-corrected chi connectivity index (χ0v) is 15.6. The second-order valence-corrected chi connectivity index (χ2v) is 8.66. The largest absolute Gasteiger partial charge is 0.356 e. The molecule has 1 aromatic carbocycles. The molecule has 1 aliphatic rings. The first-order chi connectivity index (χ1) is 11.4. The van der Waals surface area contributed by atoms with Crippen molar-refractivity contribution in [1.82, 2.24) is 9.62 Å². The van der Waals surface area contributed by atoms with Crippen molar-refractivity contribution in [1.29, 1.82) is 0 Å². The number of nitrogens with one attached hydrogen (secondary N) is 1. The third kappa shape index (κ3) is 6.07. The number of nitrogens with zero attached hydrogens (tertiary/aromatic N) is 1. The van der Waals surface area contributed by atoms with Crippen molar-refractivity contribution in [2.75, 3.05) is 19.3 Å². The van der Waals surface area contributed by atoms with E-state index in [2.05, 4.69) is 5.32 Å². The molecule has 2 rings (SSSR count). The van der Waals surface area contributed by atoms with Gasteiger partial charge in [-0.05, 0) is 37.0 Å². The molecule has 7 heteroatoms. The predicted octanol–water partition coefficient (Wildman–Crippen LogP) is 2.59. The molecule has 0 atom stereocenters. The zero-order valence-electron chi connectivity index (χ0n) is 14.0. The van der Waals surface area contributed by atoms with Crippen molar-refractivity contribution in [3.8, 4) is 0 Å². The van der Waals surface area contributed by atoms with Crippen molar-refractivity contribution in [2.45, 2.75) is 44.6 Å². The summed E-state index contributed by atoms with van der Waals surface area (Å²) in [7, 11) is -3.27. The van der Waals surface area contributed by atoms with Crippen LogP contribution < -0.4 is 5.32 Å². The summed E-state index contributed by atoms with van der Waals surface area (Å²) in [6.07, 6.45) is 6.02. The van der Waals surface area contributed by atoms with Gasteiger partial charge in [-0.1, -0.05) is 36.6 Å². The van der Waals surface area contributed by atoms with Crippen molar-refractivity contribution in [3.05, 3.63) is 34.9 Å². The monoisotopic (exact) mass is 372 g/mol. The summed E-state index contributed by atoms with van der Waals surface area (Å²) < 4.78 is 25.4. The summed E-state index contributed by atoms with van der Waals surface area (Å²) in [5.74, 6) is -0.122. The van der Waals surface area contributed by atoms with Crippen LogP contribution in [0.4, 0.5) is 0 Å². The van der Waals surface area contributed by atoms with E-state index in [1.54, 1.807) is 0 Å². The molecule has 1 aromatic rings. The molecular weight excluding hydrogens is 348 g/mol. The topological polar surface area (TPSA) is 66.5 Å². The maximum Gasteiger partial charge on any atom is 0.221 e. The Labute approximate surface area is 149 Å². The van der Waals surface area contributed by atoms with Gasteiger partial charge in [0.05, 0.1) is 6.26 Å². The van der Waals surface area contributed by atoms with Gasteiger partial charge in [0, 0.05) is 30.6 Å². The Kier molecular flexibility index (Phi) is 7.07. The minimum absolute atomic E-state index is 0.0549. The molecule has 1 aliphatic carbocycles. The quantitative estimate of drug-likeness (QED) is 0.762. The first kappa shape index (κ1) is 19.2. The highest BCUT2D eigenvalue weighted by Crippen LogP contribution is 2.25. The highest BCUT2D eigenvalue weighted by atomic mass is 35.5. The highest BCUT2D eigenvalue weighted by molar-refractivity contribution is 7.88. The van der Waals surface area contributed by atoms with Gasteiger partial charge in [-0.25, -0.2) is 8.42 Å². The highest BCUT2D eigenvalue weighted by Gasteiger charge is 2.29. The van der Waals surface area contributed by atoms with Gasteiger partial charge >= 0.3 is 0 Å². The molecule has 0 bridgehead atoms. The molecule has 1 amide bonds. The average Bonchev–Trinajstić information content (AvgIpc) is 3.00. The number of carbonyl (C=O) groups excluding carboxylic acids is 1. The van der Waals surface area contributed by atoms with E-state index < -0.39 is 10.0 Å². The van der Waals surface area contributed by atoms with Crippen LogP contribution in [0.1, 0.15) is 37.7 Å². The number of hydrogen-bond acceptors (Lipinski definition) is 3. The fraction of sp³-hybridized carbons (Fsp3) is 0.588. The van der Waals surface area contributed by atoms with Crippen molar-refractivity contribution in [2.24, 2.45) is 0 Å².